The van der Waals surface area contributed by atoms with Crippen molar-refractivity contribution in [1.82, 2.24) is 10.2 Å². The predicted octanol–water partition coefficient (Wildman–Crippen LogP) is 2.48. The normalized spacial score (nSPS) is 16.1. The van der Waals surface area contributed by atoms with Crippen LogP contribution in [0.5, 0.6) is 5.75 Å². The molecule has 2 amide bonds. The Kier molecular flexibility index (Phi) is 4.45. The van der Waals surface area contributed by atoms with Gasteiger partial charge in [-0.2, -0.15) is 0 Å². The van der Waals surface area contributed by atoms with Crippen molar-refractivity contribution in [3.63, 3.8) is 0 Å². The van der Waals surface area contributed by atoms with Crippen molar-refractivity contribution in [2.24, 2.45) is 0 Å². The second-order valence-corrected chi connectivity index (χ2v) is 4.69. The van der Waals surface area contributed by atoms with Crippen LogP contribution in [-0.2, 0) is 6.54 Å². The Hall–Kier alpha value is -1.71. The van der Waals surface area contributed by atoms with Crippen molar-refractivity contribution in [3.8, 4) is 5.75 Å². The van der Waals surface area contributed by atoms with Crippen LogP contribution in [0.1, 0.15) is 31.2 Å². The van der Waals surface area contributed by atoms with Gasteiger partial charge in [0.25, 0.3) is 0 Å². The zero-order chi connectivity index (χ0) is 12.8. The number of para-hydroxylation sites is 1. The number of amides is 2. The molecule has 18 heavy (non-hydrogen) atoms. The number of urea groups is 1. The molecule has 1 aliphatic rings. The number of hydrogen-bond donors (Lipinski definition) is 2. The molecule has 1 aromatic rings. The molecule has 4 nitrogen and oxygen atoms in total. The van der Waals surface area contributed by atoms with E-state index in [-0.39, 0.29) is 11.8 Å². The zero-order valence-electron chi connectivity index (χ0n) is 10.6. The summed E-state index contributed by atoms with van der Waals surface area (Å²) in [7, 11) is 0. The van der Waals surface area contributed by atoms with Crippen molar-refractivity contribution in [2.45, 2.75) is 32.2 Å². The number of hydrogen-bond acceptors (Lipinski definition) is 2. The van der Waals surface area contributed by atoms with Crippen LogP contribution in [0.15, 0.2) is 24.3 Å². The number of carbonyl (C=O) groups excluding carboxylic acids is 1. The highest BCUT2D eigenvalue weighted by molar-refractivity contribution is 5.74. The second kappa shape index (κ2) is 6.28. The minimum Gasteiger partial charge on any atom is -0.508 e. The molecular formula is C14H20N2O2. The first-order chi connectivity index (χ1) is 8.77. The molecule has 0 aliphatic carbocycles. The van der Waals surface area contributed by atoms with Gasteiger partial charge in [0.2, 0.25) is 0 Å². The third-order valence-corrected chi connectivity index (χ3v) is 3.31. The maximum absolute atomic E-state index is 12.0. The highest BCUT2D eigenvalue weighted by Gasteiger charge is 2.15. The Bertz CT molecular complexity index is 399. The van der Waals surface area contributed by atoms with Gasteiger partial charge in [-0.15, -0.1) is 0 Å². The van der Waals surface area contributed by atoms with E-state index in [1.54, 1.807) is 12.1 Å². The summed E-state index contributed by atoms with van der Waals surface area (Å²) in [5, 5.41) is 12.5. The number of phenols is 1. The van der Waals surface area contributed by atoms with Crippen LogP contribution in [0.4, 0.5) is 4.79 Å². The van der Waals surface area contributed by atoms with E-state index >= 15 is 0 Å². The topological polar surface area (TPSA) is 52.6 Å². The first kappa shape index (κ1) is 12.7. The molecule has 0 aromatic heterocycles. The van der Waals surface area contributed by atoms with E-state index in [1.165, 1.54) is 12.8 Å². The van der Waals surface area contributed by atoms with Crippen LogP contribution in [-0.4, -0.2) is 29.1 Å². The number of benzene rings is 1. The van der Waals surface area contributed by atoms with Gasteiger partial charge in [0.15, 0.2) is 0 Å². The maximum Gasteiger partial charge on any atom is 0.317 e. The van der Waals surface area contributed by atoms with Crippen LogP contribution in [0.2, 0.25) is 0 Å². The summed E-state index contributed by atoms with van der Waals surface area (Å²) in [6.45, 7) is 2.06. The summed E-state index contributed by atoms with van der Waals surface area (Å²) >= 11 is 0. The van der Waals surface area contributed by atoms with Crippen LogP contribution in [0, 0.1) is 0 Å². The van der Waals surface area contributed by atoms with Crippen LogP contribution in [0.3, 0.4) is 0 Å². The molecule has 98 valence electrons. The molecule has 1 aliphatic heterocycles. The number of phenolic OH excluding ortho intramolecular Hbond substituents is 1. The Labute approximate surface area is 108 Å². The molecule has 0 saturated carbocycles. The summed E-state index contributed by atoms with van der Waals surface area (Å²) < 4.78 is 0. The Balaban J connectivity index is 1.86. The molecule has 1 heterocycles. The number of carbonyl (C=O) groups is 1. The van der Waals surface area contributed by atoms with Crippen LogP contribution >= 0.6 is 0 Å². The zero-order valence-corrected chi connectivity index (χ0v) is 10.6. The second-order valence-electron chi connectivity index (χ2n) is 4.69. The lowest BCUT2D eigenvalue weighted by molar-refractivity contribution is 0.199. The molecule has 0 unspecified atom stereocenters. The lowest BCUT2D eigenvalue weighted by atomic mass is 10.2. The fourth-order valence-corrected chi connectivity index (χ4v) is 2.22. The number of likely N-dealkylation sites (tertiary alicyclic amines) is 1. The minimum atomic E-state index is -0.0276. The Morgan fingerprint density at radius 1 is 1.17 bits per heavy atom. The summed E-state index contributed by atoms with van der Waals surface area (Å²) in [6.07, 6.45) is 4.60. The van der Waals surface area contributed by atoms with E-state index in [0.29, 0.717) is 6.54 Å². The molecule has 1 fully saturated rings. The first-order valence-electron chi connectivity index (χ1n) is 6.57. The maximum atomic E-state index is 12.0. The molecule has 0 atom stereocenters. The highest BCUT2D eigenvalue weighted by Crippen LogP contribution is 2.15. The van der Waals surface area contributed by atoms with Gasteiger partial charge in [0.05, 0.1) is 0 Å². The lowest BCUT2D eigenvalue weighted by Gasteiger charge is -2.20. The average molecular weight is 248 g/mol. The Morgan fingerprint density at radius 2 is 1.83 bits per heavy atom. The smallest absolute Gasteiger partial charge is 0.317 e. The lowest BCUT2D eigenvalue weighted by Crippen LogP contribution is -2.40. The third kappa shape index (κ3) is 3.39. The van der Waals surface area contributed by atoms with E-state index in [1.807, 2.05) is 17.0 Å². The van der Waals surface area contributed by atoms with Gasteiger partial charge in [0.1, 0.15) is 5.75 Å². The molecule has 0 bridgehead atoms. The van der Waals surface area contributed by atoms with Gasteiger partial charge < -0.3 is 15.3 Å². The van der Waals surface area contributed by atoms with Crippen LogP contribution < -0.4 is 5.32 Å². The van der Waals surface area contributed by atoms with Crippen molar-refractivity contribution < 1.29 is 9.90 Å². The summed E-state index contributed by atoms with van der Waals surface area (Å²) in [6, 6.07) is 7.05. The van der Waals surface area contributed by atoms with Gasteiger partial charge in [0, 0.05) is 25.2 Å². The SMILES string of the molecule is O=C(NCc1ccccc1O)N1CCCCCC1. The van der Waals surface area contributed by atoms with Gasteiger partial charge in [-0.25, -0.2) is 4.79 Å². The third-order valence-electron chi connectivity index (χ3n) is 3.31. The number of aromatic hydroxyl groups is 1. The minimum absolute atomic E-state index is 0.0276. The van der Waals surface area contributed by atoms with E-state index in [2.05, 4.69) is 5.32 Å². The largest absolute Gasteiger partial charge is 0.508 e. The Morgan fingerprint density at radius 3 is 2.50 bits per heavy atom. The van der Waals surface area contributed by atoms with Gasteiger partial charge >= 0.3 is 6.03 Å². The average Bonchev–Trinajstić information content (AvgIpc) is 2.66. The fourth-order valence-electron chi connectivity index (χ4n) is 2.22. The molecule has 0 spiro atoms. The van der Waals surface area contributed by atoms with Gasteiger partial charge in [-0.3, -0.25) is 0 Å². The van der Waals surface area contributed by atoms with Gasteiger partial charge in [-0.05, 0) is 18.9 Å². The summed E-state index contributed by atoms with van der Waals surface area (Å²) in [5.41, 5.74) is 0.751. The molecule has 0 radical (unpaired) electrons. The number of nitrogens with zero attached hydrogens (tertiary/aromatic N) is 1. The van der Waals surface area contributed by atoms with Crippen LogP contribution in [0.25, 0.3) is 0 Å². The molecule has 1 saturated heterocycles. The van der Waals surface area contributed by atoms with E-state index in [9.17, 15) is 9.90 Å². The number of rotatable bonds is 2. The molecule has 1 aromatic carbocycles. The quantitative estimate of drug-likeness (QED) is 0.844. The standard InChI is InChI=1S/C14H20N2O2/c17-13-8-4-3-7-12(13)11-15-14(18)16-9-5-1-2-6-10-16/h3-4,7-8,17H,1-2,5-6,9-11H2,(H,15,18). The number of nitrogens with one attached hydrogen (secondary N) is 1. The van der Waals surface area contributed by atoms with Crippen molar-refractivity contribution >= 4 is 6.03 Å². The fraction of sp³-hybridized carbons (Fsp3) is 0.500. The van der Waals surface area contributed by atoms with Crippen molar-refractivity contribution in [2.75, 3.05) is 13.1 Å². The van der Waals surface area contributed by atoms with Crippen molar-refractivity contribution in [1.29, 1.82) is 0 Å². The summed E-state index contributed by atoms with van der Waals surface area (Å²) in [5.74, 6) is 0.230. The van der Waals surface area contributed by atoms with E-state index in [4.69, 9.17) is 0 Å². The van der Waals surface area contributed by atoms with E-state index in [0.717, 1.165) is 31.5 Å². The monoisotopic (exact) mass is 248 g/mol. The first-order valence-corrected chi connectivity index (χ1v) is 6.57. The molecule has 2 N–H and O–H groups in total. The van der Waals surface area contributed by atoms with Crippen molar-refractivity contribution in [3.05, 3.63) is 29.8 Å². The van der Waals surface area contributed by atoms with Gasteiger partial charge in [-0.1, -0.05) is 31.0 Å². The van der Waals surface area contributed by atoms with E-state index < -0.39 is 0 Å². The molecule has 2 rings (SSSR count). The molecular weight excluding hydrogens is 228 g/mol. The molecule has 4 heteroatoms. The summed E-state index contributed by atoms with van der Waals surface area (Å²) in [4.78, 5) is 13.8. The highest BCUT2D eigenvalue weighted by atomic mass is 16.3. The predicted molar refractivity (Wildman–Crippen MR) is 70.4 cm³/mol.